The molecule has 2 heteroatoms. The van der Waals surface area contributed by atoms with Crippen LogP contribution in [0.2, 0.25) is 0 Å². The van der Waals surface area contributed by atoms with Crippen molar-refractivity contribution in [2.24, 2.45) is 0 Å². The van der Waals surface area contributed by atoms with Crippen molar-refractivity contribution in [3.05, 3.63) is 34.9 Å². The van der Waals surface area contributed by atoms with Crippen LogP contribution in [0.3, 0.4) is 0 Å². The number of aryl methyl sites for hydroxylation is 1. The molecule has 1 nitrogen and oxygen atoms in total. The zero-order chi connectivity index (χ0) is 11.2. The second-order valence-corrected chi connectivity index (χ2v) is 5.83. The van der Waals surface area contributed by atoms with Crippen LogP contribution < -0.4 is 0 Å². The van der Waals surface area contributed by atoms with Gasteiger partial charge in [-0.25, -0.2) is 0 Å². The van der Waals surface area contributed by atoms with Gasteiger partial charge in [0.05, 0.1) is 10.9 Å². The molecule has 1 aromatic rings. The summed E-state index contributed by atoms with van der Waals surface area (Å²) >= 11 is 3.60. The maximum atomic E-state index is 10.1. The summed E-state index contributed by atoms with van der Waals surface area (Å²) in [6, 6.07) is 6.42. The molecule has 0 aromatic heterocycles. The van der Waals surface area contributed by atoms with Crippen molar-refractivity contribution in [1.29, 1.82) is 0 Å². The van der Waals surface area contributed by atoms with E-state index in [1.807, 2.05) is 0 Å². The predicted octanol–water partition coefficient (Wildman–Crippen LogP) is 3.34. The molecule has 2 atom stereocenters. The monoisotopic (exact) mass is 268 g/mol. The number of aliphatic hydroxyl groups excluding tert-OH is 1. The van der Waals surface area contributed by atoms with Crippen LogP contribution in [0, 0.1) is 0 Å². The first-order valence-electron chi connectivity index (χ1n) is 5.44. The molecule has 1 aliphatic rings. The Morgan fingerprint density at radius 3 is 2.67 bits per heavy atom. The van der Waals surface area contributed by atoms with Crippen molar-refractivity contribution >= 4 is 15.9 Å². The van der Waals surface area contributed by atoms with Crippen molar-refractivity contribution in [3.8, 4) is 0 Å². The van der Waals surface area contributed by atoms with Crippen LogP contribution in [0.1, 0.15) is 43.6 Å². The number of alkyl halides is 1. The zero-order valence-electron chi connectivity index (χ0n) is 9.42. The Morgan fingerprint density at radius 2 is 2.07 bits per heavy atom. The molecule has 0 unspecified atom stereocenters. The van der Waals surface area contributed by atoms with Gasteiger partial charge in [0.25, 0.3) is 0 Å². The van der Waals surface area contributed by atoms with E-state index < -0.39 is 0 Å². The lowest BCUT2D eigenvalue weighted by Crippen LogP contribution is -2.25. The van der Waals surface area contributed by atoms with Crippen molar-refractivity contribution in [3.63, 3.8) is 0 Å². The van der Waals surface area contributed by atoms with E-state index in [-0.39, 0.29) is 16.3 Å². The minimum Gasteiger partial charge on any atom is -0.387 e. The van der Waals surface area contributed by atoms with Crippen molar-refractivity contribution in [2.45, 2.75) is 43.5 Å². The first kappa shape index (κ1) is 11.2. The number of benzene rings is 1. The third kappa shape index (κ3) is 1.55. The lowest BCUT2D eigenvalue weighted by Gasteiger charge is -2.24. The molecule has 0 amide bonds. The Kier molecular flexibility index (Phi) is 2.68. The zero-order valence-corrected chi connectivity index (χ0v) is 11.0. The summed E-state index contributed by atoms with van der Waals surface area (Å²) in [6.07, 6.45) is 0.674. The lowest BCUT2D eigenvalue weighted by atomic mass is 9.85. The Morgan fingerprint density at radius 1 is 1.40 bits per heavy atom. The number of hydrogen-bond donors (Lipinski definition) is 1. The van der Waals surface area contributed by atoms with E-state index in [1.54, 1.807) is 0 Å². The number of halogens is 1. The molecule has 0 aliphatic heterocycles. The molecular weight excluding hydrogens is 252 g/mol. The Balaban J connectivity index is 2.57. The SMILES string of the molecule is CCc1ccc2c(c1)C(C)(C)[C@H](Br)[C@H]2O. The Hall–Kier alpha value is -0.340. The Bertz CT molecular complexity index is 384. The summed E-state index contributed by atoms with van der Waals surface area (Å²) in [5.74, 6) is 0. The summed E-state index contributed by atoms with van der Waals surface area (Å²) in [4.78, 5) is 0.118. The molecule has 2 rings (SSSR count). The van der Waals surface area contributed by atoms with E-state index in [9.17, 15) is 5.11 Å². The van der Waals surface area contributed by atoms with Gasteiger partial charge < -0.3 is 5.11 Å². The van der Waals surface area contributed by atoms with E-state index in [2.05, 4.69) is 54.9 Å². The van der Waals surface area contributed by atoms with Crippen LogP contribution in [-0.4, -0.2) is 9.93 Å². The van der Waals surface area contributed by atoms with Gasteiger partial charge in [-0.05, 0) is 23.1 Å². The van der Waals surface area contributed by atoms with Gasteiger partial charge in [-0.1, -0.05) is 54.9 Å². The molecule has 0 heterocycles. The highest BCUT2D eigenvalue weighted by molar-refractivity contribution is 9.09. The standard InChI is InChI=1S/C13H17BrO/c1-4-8-5-6-9-10(7-8)13(2,3)12(14)11(9)15/h5-7,11-12,15H,4H2,1-3H3/t11-,12+/m0/s1. The topological polar surface area (TPSA) is 20.2 Å². The van der Waals surface area contributed by atoms with Gasteiger partial charge >= 0.3 is 0 Å². The summed E-state index contributed by atoms with van der Waals surface area (Å²) in [6.45, 7) is 6.52. The first-order chi connectivity index (χ1) is 6.98. The van der Waals surface area contributed by atoms with Gasteiger partial charge in [0, 0.05) is 5.41 Å². The van der Waals surface area contributed by atoms with Gasteiger partial charge in [0.15, 0.2) is 0 Å². The van der Waals surface area contributed by atoms with Crippen molar-refractivity contribution in [2.75, 3.05) is 0 Å². The van der Waals surface area contributed by atoms with Gasteiger partial charge in [-0.15, -0.1) is 0 Å². The van der Waals surface area contributed by atoms with E-state index in [0.717, 1.165) is 12.0 Å². The molecule has 0 saturated carbocycles. The quantitative estimate of drug-likeness (QED) is 0.775. The van der Waals surface area contributed by atoms with E-state index >= 15 is 0 Å². The van der Waals surface area contributed by atoms with E-state index in [4.69, 9.17) is 0 Å². The van der Waals surface area contributed by atoms with E-state index in [0.29, 0.717) is 0 Å². The molecule has 0 saturated heterocycles. The number of hydrogen-bond acceptors (Lipinski definition) is 1. The lowest BCUT2D eigenvalue weighted by molar-refractivity contribution is 0.171. The first-order valence-corrected chi connectivity index (χ1v) is 6.35. The predicted molar refractivity (Wildman–Crippen MR) is 66.5 cm³/mol. The third-order valence-corrected chi connectivity index (χ3v) is 5.15. The second kappa shape index (κ2) is 3.60. The molecule has 1 aliphatic carbocycles. The van der Waals surface area contributed by atoms with Crippen molar-refractivity contribution < 1.29 is 5.11 Å². The number of rotatable bonds is 1. The van der Waals surface area contributed by atoms with Gasteiger partial charge in [0.1, 0.15) is 0 Å². The average Bonchev–Trinajstić information content (AvgIpc) is 2.40. The molecule has 15 heavy (non-hydrogen) atoms. The fourth-order valence-electron chi connectivity index (χ4n) is 2.34. The van der Waals surface area contributed by atoms with Gasteiger partial charge in [0.2, 0.25) is 0 Å². The van der Waals surface area contributed by atoms with Crippen LogP contribution in [0.25, 0.3) is 0 Å². The molecule has 82 valence electrons. The van der Waals surface area contributed by atoms with Gasteiger partial charge in [-0.3, -0.25) is 0 Å². The van der Waals surface area contributed by atoms with Crippen LogP contribution in [0.15, 0.2) is 18.2 Å². The fourth-order valence-corrected chi connectivity index (χ4v) is 2.87. The van der Waals surface area contributed by atoms with Gasteiger partial charge in [-0.2, -0.15) is 0 Å². The molecular formula is C13H17BrO. The molecule has 1 aromatic carbocycles. The summed E-state index contributed by atoms with van der Waals surface area (Å²) in [5.41, 5.74) is 3.73. The summed E-state index contributed by atoms with van der Waals surface area (Å²) < 4.78 is 0. The highest BCUT2D eigenvalue weighted by Crippen LogP contribution is 2.48. The van der Waals surface area contributed by atoms with Crippen molar-refractivity contribution in [1.82, 2.24) is 0 Å². The molecule has 0 radical (unpaired) electrons. The van der Waals surface area contributed by atoms with Crippen LogP contribution in [0.5, 0.6) is 0 Å². The highest BCUT2D eigenvalue weighted by Gasteiger charge is 2.44. The maximum Gasteiger partial charge on any atom is 0.0926 e. The largest absolute Gasteiger partial charge is 0.387 e. The summed E-state index contributed by atoms with van der Waals surface area (Å²) in [7, 11) is 0. The summed E-state index contributed by atoms with van der Waals surface area (Å²) in [5, 5.41) is 10.1. The maximum absolute atomic E-state index is 10.1. The fraction of sp³-hybridized carbons (Fsp3) is 0.538. The normalized spacial score (nSPS) is 27.8. The van der Waals surface area contributed by atoms with Crippen LogP contribution >= 0.6 is 15.9 Å². The molecule has 0 bridgehead atoms. The smallest absolute Gasteiger partial charge is 0.0926 e. The number of fused-ring (bicyclic) bond motifs is 1. The van der Waals surface area contributed by atoms with E-state index in [1.165, 1.54) is 11.1 Å². The second-order valence-electron chi connectivity index (χ2n) is 4.84. The molecule has 1 N–H and O–H groups in total. The highest BCUT2D eigenvalue weighted by atomic mass is 79.9. The number of aliphatic hydroxyl groups is 1. The Labute approximate surface area is 99.6 Å². The van der Waals surface area contributed by atoms with Crippen LogP contribution in [0.4, 0.5) is 0 Å². The molecule has 0 fully saturated rings. The van der Waals surface area contributed by atoms with Crippen LogP contribution in [-0.2, 0) is 11.8 Å². The minimum atomic E-state index is -0.374. The molecule has 0 spiro atoms. The third-order valence-electron chi connectivity index (χ3n) is 3.51. The average molecular weight is 269 g/mol. The minimum absolute atomic E-state index is 0.0138.